The summed E-state index contributed by atoms with van der Waals surface area (Å²) in [5.41, 5.74) is 0. The average molecular weight is 337 g/mol. The number of likely N-dealkylation sites (tertiary alicyclic amines) is 1. The van der Waals surface area contributed by atoms with Crippen molar-refractivity contribution in [2.75, 3.05) is 13.1 Å². The highest BCUT2D eigenvalue weighted by Gasteiger charge is 2.39. The van der Waals surface area contributed by atoms with Gasteiger partial charge in [-0.05, 0) is 25.7 Å². The Kier molecular flexibility index (Phi) is 5.97. The number of hydrogen-bond acceptors (Lipinski definition) is 4. The molecule has 2 amide bonds. The van der Waals surface area contributed by atoms with Gasteiger partial charge in [-0.3, -0.25) is 14.6 Å². The van der Waals surface area contributed by atoms with Crippen molar-refractivity contribution in [3.63, 3.8) is 0 Å². The fourth-order valence-electron chi connectivity index (χ4n) is 3.60. The first-order chi connectivity index (χ1) is 11.2. The Labute approximate surface area is 142 Å². The Morgan fingerprint density at radius 1 is 1.00 bits per heavy atom. The molecule has 6 heteroatoms. The van der Waals surface area contributed by atoms with Crippen LogP contribution >= 0.6 is 11.8 Å². The van der Waals surface area contributed by atoms with Gasteiger partial charge in [-0.15, -0.1) is 0 Å². The van der Waals surface area contributed by atoms with E-state index in [9.17, 15) is 9.59 Å². The molecule has 3 rings (SSSR count). The zero-order valence-electron chi connectivity index (χ0n) is 13.8. The van der Waals surface area contributed by atoms with Crippen LogP contribution in [0.1, 0.15) is 64.2 Å². The number of carbonyl (C=O) groups excluding carboxylic acids is 2. The third-order valence-electron chi connectivity index (χ3n) is 4.96. The maximum atomic E-state index is 12.6. The number of carbonyl (C=O) groups is 2. The van der Waals surface area contributed by atoms with Crippen LogP contribution < -0.4 is 5.32 Å². The third-order valence-corrected chi connectivity index (χ3v) is 6.05. The molecule has 0 spiro atoms. The van der Waals surface area contributed by atoms with Crippen LogP contribution in [0.3, 0.4) is 0 Å². The van der Waals surface area contributed by atoms with Gasteiger partial charge in [0.1, 0.15) is 0 Å². The normalized spacial score (nSPS) is 29.2. The van der Waals surface area contributed by atoms with Crippen LogP contribution in [-0.4, -0.2) is 46.3 Å². The Morgan fingerprint density at radius 2 is 1.61 bits per heavy atom. The summed E-state index contributed by atoms with van der Waals surface area (Å²) in [4.78, 5) is 31.4. The summed E-state index contributed by atoms with van der Waals surface area (Å²) in [5.74, 6) is -0.211. The van der Waals surface area contributed by atoms with E-state index in [-0.39, 0.29) is 11.8 Å². The number of thioether (sulfide) groups is 1. The lowest BCUT2D eigenvalue weighted by molar-refractivity contribution is -0.134. The van der Waals surface area contributed by atoms with E-state index in [2.05, 4.69) is 5.32 Å². The minimum Gasteiger partial charge on any atom is -0.341 e. The number of nitrogens with zero attached hydrogens (tertiary/aromatic N) is 2. The fraction of sp³-hybridized carbons (Fsp3) is 0.824. The quantitative estimate of drug-likeness (QED) is 0.622. The molecule has 3 aliphatic rings. The number of nitrogens with one attached hydrogen (secondary N) is 1. The number of hydrogen-bond donors (Lipinski definition) is 1. The average Bonchev–Trinajstić information content (AvgIpc) is 2.79. The largest absolute Gasteiger partial charge is 0.341 e. The van der Waals surface area contributed by atoms with E-state index in [1.807, 2.05) is 4.90 Å². The molecule has 0 bridgehead atoms. The minimum absolute atomic E-state index is 0.0273. The molecular weight excluding hydrogens is 310 g/mol. The van der Waals surface area contributed by atoms with Gasteiger partial charge in [-0.2, -0.15) is 0 Å². The second kappa shape index (κ2) is 8.18. The van der Waals surface area contributed by atoms with Crippen LogP contribution in [0, 0.1) is 0 Å². The molecule has 3 fully saturated rings. The summed E-state index contributed by atoms with van der Waals surface area (Å²) >= 11 is 1.33. The monoisotopic (exact) mass is 337 g/mol. The smallest absolute Gasteiger partial charge is 0.249 e. The predicted molar refractivity (Wildman–Crippen MR) is 93.5 cm³/mol. The molecule has 1 saturated carbocycles. The SMILES string of the molecule is O=C1NC(=NC2CCCCCC2)SC1C(=O)N1CCCCCC1. The lowest BCUT2D eigenvalue weighted by atomic mass is 10.1. The molecule has 1 unspecified atom stereocenters. The van der Waals surface area contributed by atoms with E-state index in [0.717, 1.165) is 38.8 Å². The van der Waals surface area contributed by atoms with Crippen LogP contribution in [0.5, 0.6) is 0 Å². The van der Waals surface area contributed by atoms with Crippen molar-refractivity contribution in [1.82, 2.24) is 10.2 Å². The lowest BCUT2D eigenvalue weighted by Gasteiger charge is -2.21. The summed E-state index contributed by atoms with van der Waals surface area (Å²) in [6, 6.07) is 0.312. The number of aliphatic imine (C=N–C) groups is 1. The number of rotatable bonds is 2. The van der Waals surface area contributed by atoms with Crippen molar-refractivity contribution < 1.29 is 9.59 Å². The zero-order valence-corrected chi connectivity index (χ0v) is 14.6. The van der Waals surface area contributed by atoms with Crippen molar-refractivity contribution in [2.24, 2.45) is 4.99 Å². The van der Waals surface area contributed by atoms with Gasteiger partial charge in [0.25, 0.3) is 0 Å². The Balaban J connectivity index is 1.60. The molecule has 1 atom stereocenters. The van der Waals surface area contributed by atoms with E-state index in [1.165, 1.54) is 50.3 Å². The van der Waals surface area contributed by atoms with Crippen LogP contribution in [-0.2, 0) is 9.59 Å². The summed E-state index contributed by atoms with van der Waals surface area (Å²) < 4.78 is 0. The maximum absolute atomic E-state index is 12.6. The lowest BCUT2D eigenvalue weighted by Crippen LogP contribution is -2.42. The van der Waals surface area contributed by atoms with E-state index >= 15 is 0 Å². The summed E-state index contributed by atoms with van der Waals surface area (Å²) in [6.07, 6.45) is 11.7. The van der Waals surface area contributed by atoms with Gasteiger partial charge in [0.05, 0.1) is 6.04 Å². The maximum Gasteiger partial charge on any atom is 0.249 e. The van der Waals surface area contributed by atoms with E-state index < -0.39 is 5.25 Å². The molecule has 128 valence electrons. The van der Waals surface area contributed by atoms with Crippen LogP contribution in [0.2, 0.25) is 0 Å². The first kappa shape index (κ1) is 16.8. The van der Waals surface area contributed by atoms with Crippen molar-refractivity contribution in [3.8, 4) is 0 Å². The van der Waals surface area contributed by atoms with Gasteiger partial charge >= 0.3 is 0 Å². The second-order valence-electron chi connectivity index (χ2n) is 6.81. The Hall–Kier alpha value is -1.04. The van der Waals surface area contributed by atoms with E-state index in [0.29, 0.717) is 11.2 Å². The molecule has 5 nitrogen and oxygen atoms in total. The van der Waals surface area contributed by atoms with Crippen LogP contribution in [0.4, 0.5) is 0 Å². The number of amides is 2. The van der Waals surface area contributed by atoms with Crippen molar-refractivity contribution in [3.05, 3.63) is 0 Å². The molecule has 0 aromatic rings. The van der Waals surface area contributed by atoms with E-state index in [1.54, 1.807) is 0 Å². The van der Waals surface area contributed by atoms with Crippen LogP contribution in [0.25, 0.3) is 0 Å². The molecule has 0 radical (unpaired) electrons. The van der Waals surface area contributed by atoms with Crippen molar-refractivity contribution in [2.45, 2.75) is 75.5 Å². The van der Waals surface area contributed by atoms with Gasteiger partial charge in [-0.25, -0.2) is 0 Å². The van der Waals surface area contributed by atoms with E-state index in [4.69, 9.17) is 4.99 Å². The molecule has 0 aromatic carbocycles. The topological polar surface area (TPSA) is 61.8 Å². The van der Waals surface area contributed by atoms with Gasteiger partial charge in [0.15, 0.2) is 10.4 Å². The molecule has 2 heterocycles. The molecule has 2 saturated heterocycles. The van der Waals surface area contributed by atoms with Gasteiger partial charge in [0.2, 0.25) is 11.8 Å². The highest BCUT2D eigenvalue weighted by molar-refractivity contribution is 8.16. The predicted octanol–water partition coefficient (Wildman–Crippen LogP) is 2.70. The Bertz CT molecular complexity index is 464. The molecule has 23 heavy (non-hydrogen) atoms. The highest BCUT2D eigenvalue weighted by Crippen LogP contribution is 2.26. The highest BCUT2D eigenvalue weighted by atomic mass is 32.2. The molecule has 1 aliphatic carbocycles. The van der Waals surface area contributed by atoms with Gasteiger partial charge < -0.3 is 10.2 Å². The summed E-state index contributed by atoms with van der Waals surface area (Å²) in [5, 5.41) is 2.87. The molecule has 0 aromatic heterocycles. The first-order valence-corrected chi connectivity index (χ1v) is 9.96. The van der Waals surface area contributed by atoms with Gasteiger partial charge in [-0.1, -0.05) is 50.3 Å². The zero-order chi connectivity index (χ0) is 16.1. The van der Waals surface area contributed by atoms with Crippen LogP contribution in [0.15, 0.2) is 4.99 Å². The first-order valence-electron chi connectivity index (χ1n) is 9.08. The van der Waals surface area contributed by atoms with Crippen molar-refractivity contribution >= 4 is 28.7 Å². The molecule has 1 N–H and O–H groups in total. The summed E-state index contributed by atoms with van der Waals surface area (Å²) in [7, 11) is 0. The van der Waals surface area contributed by atoms with Gasteiger partial charge in [0, 0.05) is 13.1 Å². The fourth-order valence-corrected chi connectivity index (χ4v) is 4.61. The Morgan fingerprint density at radius 3 is 2.26 bits per heavy atom. The second-order valence-corrected chi connectivity index (χ2v) is 7.90. The standard InChI is InChI=1S/C17H27N3O2S/c21-15-14(16(22)20-11-7-3-4-8-12-20)23-17(19-15)18-13-9-5-1-2-6-10-13/h13-14H,1-12H2,(H,18,19,21). The third kappa shape index (κ3) is 4.49. The number of amidine groups is 1. The van der Waals surface area contributed by atoms with Crippen molar-refractivity contribution in [1.29, 1.82) is 0 Å². The molecule has 2 aliphatic heterocycles. The summed E-state index contributed by atoms with van der Waals surface area (Å²) in [6.45, 7) is 1.58. The minimum atomic E-state index is -0.627. The molecular formula is C17H27N3O2S.